The first kappa shape index (κ1) is 15.0. The normalized spacial score (nSPS) is 25.7. The van der Waals surface area contributed by atoms with Crippen LogP contribution in [0.4, 0.5) is 0 Å². The van der Waals surface area contributed by atoms with Crippen LogP contribution in [-0.4, -0.2) is 44.0 Å². The van der Waals surface area contributed by atoms with Crippen molar-refractivity contribution >= 4 is 5.84 Å². The lowest BCUT2D eigenvalue weighted by atomic mass is 9.90. The van der Waals surface area contributed by atoms with Crippen LogP contribution < -0.4 is 5.32 Å². The summed E-state index contributed by atoms with van der Waals surface area (Å²) in [5.41, 5.74) is 0.967. The Labute approximate surface area is 112 Å². The van der Waals surface area contributed by atoms with Gasteiger partial charge in [0.2, 0.25) is 0 Å². The predicted octanol–water partition coefficient (Wildman–Crippen LogP) is 2.61. The van der Waals surface area contributed by atoms with E-state index in [0.29, 0.717) is 6.04 Å². The van der Waals surface area contributed by atoms with Crippen LogP contribution in [0.3, 0.4) is 0 Å². The largest absolute Gasteiger partial charge is 0.367 e. The third kappa shape index (κ3) is 4.30. The van der Waals surface area contributed by atoms with Crippen molar-refractivity contribution in [2.45, 2.75) is 44.7 Å². The fraction of sp³-hybridized carbons (Fsp3) is 0.667. The molecule has 3 heteroatoms. The van der Waals surface area contributed by atoms with Crippen LogP contribution in [0.15, 0.2) is 29.3 Å². The maximum absolute atomic E-state index is 4.30. The van der Waals surface area contributed by atoms with E-state index in [1.54, 1.807) is 0 Å². The van der Waals surface area contributed by atoms with Crippen molar-refractivity contribution in [3.8, 4) is 0 Å². The van der Waals surface area contributed by atoms with Gasteiger partial charge >= 0.3 is 0 Å². The van der Waals surface area contributed by atoms with E-state index in [9.17, 15) is 0 Å². The number of aliphatic imine (C=N–C) groups is 1. The lowest BCUT2D eigenvalue weighted by Gasteiger charge is -2.33. The van der Waals surface area contributed by atoms with Crippen LogP contribution in [-0.2, 0) is 0 Å². The molecule has 0 aromatic carbocycles. The van der Waals surface area contributed by atoms with E-state index in [4.69, 9.17) is 0 Å². The number of allylic oxidation sites excluding steroid dienone is 1. The maximum Gasteiger partial charge on any atom is 0.127 e. The molecule has 0 unspecified atom stereocenters. The highest BCUT2D eigenvalue weighted by Crippen LogP contribution is 2.21. The van der Waals surface area contributed by atoms with E-state index in [1.165, 1.54) is 25.7 Å². The van der Waals surface area contributed by atoms with Gasteiger partial charge in [-0.1, -0.05) is 18.7 Å². The van der Waals surface area contributed by atoms with Gasteiger partial charge in [-0.3, -0.25) is 4.99 Å². The molecule has 1 saturated carbocycles. The summed E-state index contributed by atoms with van der Waals surface area (Å²) in [4.78, 5) is 6.64. The van der Waals surface area contributed by atoms with Crippen molar-refractivity contribution in [3.63, 3.8) is 0 Å². The van der Waals surface area contributed by atoms with Gasteiger partial charge in [0.1, 0.15) is 5.84 Å². The Hall–Kier alpha value is -1.09. The van der Waals surface area contributed by atoms with E-state index >= 15 is 0 Å². The number of hydrogen-bond donors (Lipinski definition) is 1. The Bertz CT molecular complexity index is 321. The van der Waals surface area contributed by atoms with Crippen LogP contribution in [0.2, 0.25) is 0 Å². The van der Waals surface area contributed by atoms with Crippen molar-refractivity contribution < 1.29 is 0 Å². The molecule has 0 heterocycles. The second-order valence-electron chi connectivity index (χ2n) is 5.21. The molecular weight excluding hydrogens is 222 g/mol. The smallest absolute Gasteiger partial charge is 0.127 e. The molecule has 0 bridgehead atoms. The lowest BCUT2D eigenvalue weighted by molar-refractivity contribution is 0.212. The van der Waals surface area contributed by atoms with E-state index in [2.05, 4.69) is 35.9 Å². The molecule has 1 rings (SSSR count). The Morgan fingerprint density at radius 1 is 1.28 bits per heavy atom. The summed E-state index contributed by atoms with van der Waals surface area (Å²) in [6.07, 6.45) is 8.95. The third-order valence-electron chi connectivity index (χ3n) is 3.66. The van der Waals surface area contributed by atoms with E-state index in [1.807, 2.05) is 26.1 Å². The molecule has 102 valence electrons. The van der Waals surface area contributed by atoms with Gasteiger partial charge in [0, 0.05) is 24.7 Å². The molecule has 0 aliphatic heterocycles. The van der Waals surface area contributed by atoms with Gasteiger partial charge in [0.25, 0.3) is 0 Å². The molecule has 0 amide bonds. The van der Waals surface area contributed by atoms with Gasteiger partial charge in [0.15, 0.2) is 0 Å². The van der Waals surface area contributed by atoms with Crippen molar-refractivity contribution in [1.29, 1.82) is 0 Å². The fourth-order valence-electron chi connectivity index (χ4n) is 2.51. The van der Waals surface area contributed by atoms with E-state index in [0.717, 1.165) is 17.5 Å². The van der Waals surface area contributed by atoms with Gasteiger partial charge in [-0.25, -0.2) is 0 Å². The monoisotopic (exact) mass is 249 g/mol. The summed E-state index contributed by atoms with van der Waals surface area (Å²) < 4.78 is 0. The van der Waals surface area contributed by atoms with Crippen molar-refractivity contribution in [2.75, 3.05) is 21.1 Å². The molecule has 1 fully saturated rings. The molecule has 0 atom stereocenters. The second-order valence-corrected chi connectivity index (χ2v) is 5.21. The molecule has 1 aliphatic carbocycles. The molecule has 0 spiro atoms. The number of rotatable bonds is 4. The van der Waals surface area contributed by atoms with Gasteiger partial charge in [-0.2, -0.15) is 0 Å². The number of hydrogen-bond acceptors (Lipinski definition) is 2. The predicted molar refractivity (Wildman–Crippen MR) is 80.2 cm³/mol. The Balaban J connectivity index is 2.47. The van der Waals surface area contributed by atoms with Crippen LogP contribution in [0.25, 0.3) is 0 Å². The molecule has 3 nitrogen and oxygen atoms in total. The van der Waals surface area contributed by atoms with Gasteiger partial charge in [-0.05, 0) is 46.7 Å². The third-order valence-corrected chi connectivity index (χ3v) is 3.66. The number of nitrogens with one attached hydrogen (secondary N) is 1. The summed E-state index contributed by atoms with van der Waals surface area (Å²) in [7, 11) is 6.17. The molecule has 0 radical (unpaired) electrons. The van der Waals surface area contributed by atoms with Crippen molar-refractivity contribution in [2.24, 2.45) is 4.99 Å². The summed E-state index contributed by atoms with van der Waals surface area (Å²) >= 11 is 0. The minimum atomic E-state index is 0.543. The molecule has 1 N–H and O–H groups in total. The average Bonchev–Trinajstić information content (AvgIpc) is 2.36. The Kier molecular flexibility index (Phi) is 6.13. The topological polar surface area (TPSA) is 27.6 Å². The molecule has 0 aromatic rings. The highest BCUT2D eigenvalue weighted by Gasteiger charge is 2.22. The Morgan fingerprint density at radius 3 is 2.33 bits per heavy atom. The second kappa shape index (κ2) is 7.37. The molecule has 1 aliphatic rings. The van der Waals surface area contributed by atoms with Crippen molar-refractivity contribution in [1.82, 2.24) is 10.2 Å². The van der Waals surface area contributed by atoms with Gasteiger partial charge in [-0.15, -0.1) is 0 Å². The van der Waals surface area contributed by atoms with Crippen molar-refractivity contribution in [3.05, 3.63) is 24.3 Å². The van der Waals surface area contributed by atoms with E-state index < -0.39 is 0 Å². The molecule has 0 saturated heterocycles. The number of nitrogens with zero attached hydrogens (tertiary/aromatic N) is 2. The highest BCUT2D eigenvalue weighted by molar-refractivity contribution is 6.00. The highest BCUT2D eigenvalue weighted by atomic mass is 15.1. The molecular formula is C15H27N3. The first-order valence-electron chi connectivity index (χ1n) is 6.80. The van der Waals surface area contributed by atoms with Crippen LogP contribution in [0, 0.1) is 0 Å². The summed E-state index contributed by atoms with van der Waals surface area (Å²) in [6, 6.07) is 1.28. The zero-order valence-electron chi connectivity index (χ0n) is 12.2. The Morgan fingerprint density at radius 2 is 1.89 bits per heavy atom. The van der Waals surface area contributed by atoms with Crippen LogP contribution in [0.1, 0.15) is 32.6 Å². The quantitative estimate of drug-likeness (QED) is 0.471. The summed E-state index contributed by atoms with van der Waals surface area (Å²) in [5.74, 6) is 0.932. The van der Waals surface area contributed by atoms with Crippen LogP contribution >= 0.6 is 0 Å². The summed E-state index contributed by atoms with van der Waals surface area (Å²) in [6.45, 7) is 6.04. The summed E-state index contributed by atoms with van der Waals surface area (Å²) in [5, 5.41) is 3.53. The van der Waals surface area contributed by atoms with Gasteiger partial charge in [0.05, 0.1) is 0 Å². The minimum absolute atomic E-state index is 0.543. The SMILES string of the molecule is C=C(C=CC)C(=NC)NC1CCC(N(C)C)CC1. The molecule has 18 heavy (non-hydrogen) atoms. The maximum atomic E-state index is 4.30. The van der Waals surface area contributed by atoms with Gasteiger partial charge < -0.3 is 10.2 Å². The lowest BCUT2D eigenvalue weighted by Crippen LogP contribution is -2.42. The first-order chi connectivity index (χ1) is 8.58. The fourth-order valence-corrected chi connectivity index (χ4v) is 2.51. The average molecular weight is 249 g/mol. The number of amidine groups is 1. The van der Waals surface area contributed by atoms with E-state index in [-0.39, 0.29) is 0 Å². The standard InChI is InChI=1S/C15H27N3/c1-6-7-12(2)15(16-3)17-13-8-10-14(11-9-13)18(4)5/h6-7,13-14H,2,8-11H2,1,3-5H3,(H,16,17). The zero-order chi connectivity index (χ0) is 13.5. The zero-order valence-corrected chi connectivity index (χ0v) is 12.2. The first-order valence-corrected chi connectivity index (χ1v) is 6.80. The van der Waals surface area contributed by atoms with Crippen LogP contribution in [0.5, 0.6) is 0 Å². The molecule has 0 aromatic heterocycles. The minimum Gasteiger partial charge on any atom is -0.367 e.